The van der Waals surface area contributed by atoms with Crippen molar-refractivity contribution in [3.63, 3.8) is 0 Å². The maximum atomic E-state index is 11.9. The fraction of sp³-hybridized carbons (Fsp3) is 0.500. The van der Waals surface area contributed by atoms with Crippen LogP contribution < -0.4 is 10.6 Å². The van der Waals surface area contributed by atoms with Crippen molar-refractivity contribution in [2.75, 3.05) is 25.6 Å². The van der Waals surface area contributed by atoms with E-state index in [0.717, 1.165) is 5.56 Å². The summed E-state index contributed by atoms with van der Waals surface area (Å²) >= 11 is 0. The third kappa shape index (κ3) is 5.55. The summed E-state index contributed by atoms with van der Waals surface area (Å²) in [4.78, 5) is 23.6. The molecule has 0 saturated heterocycles. The number of anilines is 1. The number of ether oxygens (including phenoxy) is 1. The van der Waals surface area contributed by atoms with Crippen molar-refractivity contribution in [2.24, 2.45) is 5.92 Å². The first-order chi connectivity index (χ1) is 9.95. The molecule has 0 atom stereocenters. The van der Waals surface area contributed by atoms with Crippen molar-refractivity contribution in [1.82, 2.24) is 5.32 Å². The lowest BCUT2D eigenvalue weighted by molar-refractivity contribution is -0.117. The van der Waals surface area contributed by atoms with Crippen LogP contribution in [0.2, 0.25) is 0 Å². The van der Waals surface area contributed by atoms with E-state index in [2.05, 4.69) is 24.5 Å². The number of nitrogens with one attached hydrogen (secondary N) is 2. The summed E-state index contributed by atoms with van der Waals surface area (Å²) in [6.07, 6.45) is 0.302. The van der Waals surface area contributed by atoms with Gasteiger partial charge in [-0.1, -0.05) is 19.9 Å². The fourth-order valence-corrected chi connectivity index (χ4v) is 1.85. The molecule has 1 rings (SSSR count). The molecule has 0 aliphatic heterocycles. The third-order valence-electron chi connectivity index (χ3n) is 3.00. The second-order valence-electron chi connectivity index (χ2n) is 5.32. The lowest BCUT2D eigenvalue weighted by Gasteiger charge is -2.12. The Balaban J connectivity index is 2.58. The molecule has 0 aliphatic carbocycles. The van der Waals surface area contributed by atoms with E-state index < -0.39 is 0 Å². The molecule has 2 amide bonds. The molecule has 5 heteroatoms. The van der Waals surface area contributed by atoms with Crippen molar-refractivity contribution < 1.29 is 14.3 Å². The van der Waals surface area contributed by atoms with Crippen LogP contribution in [0.4, 0.5) is 5.69 Å². The molecular formula is C16H24N2O3. The van der Waals surface area contributed by atoms with Gasteiger partial charge in [0.25, 0.3) is 5.91 Å². The van der Waals surface area contributed by atoms with Gasteiger partial charge in [0, 0.05) is 24.9 Å². The van der Waals surface area contributed by atoms with Gasteiger partial charge in [-0.25, -0.2) is 0 Å². The predicted molar refractivity (Wildman–Crippen MR) is 83.5 cm³/mol. The zero-order chi connectivity index (χ0) is 15.8. The zero-order valence-corrected chi connectivity index (χ0v) is 13.2. The Morgan fingerprint density at radius 1 is 1.29 bits per heavy atom. The minimum Gasteiger partial charge on any atom is -0.381 e. The van der Waals surface area contributed by atoms with Crippen LogP contribution in [0.1, 0.15) is 36.2 Å². The summed E-state index contributed by atoms with van der Waals surface area (Å²) in [7, 11) is 1.58. The van der Waals surface area contributed by atoms with E-state index in [1.54, 1.807) is 25.2 Å². The van der Waals surface area contributed by atoms with E-state index >= 15 is 0 Å². The molecular weight excluding hydrogens is 268 g/mol. The van der Waals surface area contributed by atoms with Crippen molar-refractivity contribution in [1.29, 1.82) is 0 Å². The minimum absolute atomic E-state index is 0.115. The van der Waals surface area contributed by atoms with E-state index in [4.69, 9.17) is 4.74 Å². The topological polar surface area (TPSA) is 67.4 Å². The average Bonchev–Trinajstić information content (AvgIpc) is 2.45. The Labute approximate surface area is 126 Å². The maximum Gasteiger partial charge on any atom is 0.251 e. The number of amides is 2. The van der Waals surface area contributed by atoms with Crippen LogP contribution in [0.3, 0.4) is 0 Å². The van der Waals surface area contributed by atoms with Gasteiger partial charge in [-0.05, 0) is 30.5 Å². The molecule has 0 spiro atoms. The Morgan fingerprint density at radius 3 is 2.62 bits per heavy atom. The Bertz CT molecular complexity index is 498. The first-order valence-electron chi connectivity index (χ1n) is 7.15. The second kappa shape index (κ2) is 8.42. The zero-order valence-electron chi connectivity index (χ0n) is 13.2. The van der Waals surface area contributed by atoms with E-state index in [1.165, 1.54) is 0 Å². The highest BCUT2D eigenvalue weighted by atomic mass is 16.5. The normalized spacial score (nSPS) is 10.5. The van der Waals surface area contributed by atoms with Gasteiger partial charge in [0.1, 0.15) is 0 Å². The summed E-state index contributed by atoms with van der Waals surface area (Å²) in [5.41, 5.74) is 1.98. The second-order valence-corrected chi connectivity index (χ2v) is 5.32. The third-order valence-corrected chi connectivity index (χ3v) is 3.00. The largest absolute Gasteiger partial charge is 0.381 e. The summed E-state index contributed by atoms with van der Waals surface area (Å²) in [5, 5.41) is 5.40. The van der Waals surface area contributed by atoms with Crippen LogP contribution in [0.25, 0.3) is 0 Å². The van der Waals surface area contributed by atoms with Gasteiger partial charge < -0.3 is 15.4 Å². The lowest BCUT2D eigenvalue weighted by Crippen LogP contribution is -2.20. The van der Waals surface area contributed by atoms with Crippen LogP contribution >= 0.6 is 0 Å². The summed E-state index contributed by atoms with van der Waals surface area (Å²) in [6.45, 7) is 6.99. The van der Waals surface area contributed by atoms with Crippen molar-refractivity contribution in [2.45, 2.75) is 27.2 Å². The van der Waals surface area contributed by atoms with Gasteiger partial charge in [0.05, 0.1) is 13.0 Å². The smallest absolute Gasteiger partial charge is 0.251 e. The van der Waals surface area contributed by atoms with Crippen molar-refractivity contribution in [3.8, 4) is 0 Å². The fourth-order valence-electron chi connectivity index (χ4n) is 1.85. The maximum absolute atomic E-state index is 11.9. The Morgan fingerprint density at radius 2 is 2.00 bits per heavy atom. The molecule has 1 aromatic carbocycles. The van der Waals surface area contributed by atoms with E-state index in [1.807, 2.05) is 6.92 Å². The van der Waals surface area contributed by atoms with Crippen LogP contribution in [0.15, 0.2) is 18.2 Å². The highest BCUT2D eigenvalue weighted by Crippen LogP contribution is 2.19. The minimum atomic E-state index is -0.163. The SMILES string of the molecule is CNC(=O)c1cccc(NC(=O)CCOCC(C)C)c1C. The summed E-state index contributed by atoms with van der Waals surface area (Å²) < 4.78 is 5.39. The molecule has 116 valence electrons. The van der Waals surface area contributed by atoms with Gasteiger partial charge in [-0.3, -0.25) is 9.59 Å². The van der Waals surface area contributed by atoms with E-state index in [-0.39, 0.29) is 11.8 Å². The molecule has 0 heterocycles. The van der Waals surface area contributed by atoms with Crippen LogP contribution in [-0.4, -0.2) is 32.1 Å². The number of rotatable bonds is 7. The molecule has 21 heavy (non-hydrogen) atoms. The van der Waals surface area contributed by atoms with Crippen LogP contribution in [0, 0.1) is 12.8 Å². The molecule has 0 unspecified atom stereocenters. The molecule has 0 aromatic heterocycles. The molecule has 0 aliphatic rings. The molecule has 1 aromatic rings. The van der Waals surface area contributed by atoms with Crippen LogP contribution in [-0.2, 0) is 9.53 Å². The number of carbonyl (C=O) groups excluding carboxylic acids is 2. The number of benzene rings is 1. The van der Waals surface area contributed by atoms with Gasteiger partial charge in [-0.15, -0.1) is 0 Å². The summed E-state index contributed by atoms with van der Waals surface area (Å²) in [6, 6.07) is 5.27. The number of hydrogen-bond donors (Lipinski definition) is 2. The molecule has 5 nitrogen and oxygen atoms in total. The van der Waals surface area contributed by atoms with Crippen molar-refractivity contribution >= 4 is 17.5 Å². The standard InChI is InChI=1S/C16H24N2O3/c1-11(2)10-21-9-8-15(19)18-14-7-5-6-13(12(14)3)16(20)17-4/h5-7,11H,8-10H2,1-4H3,(H,17,20)(H,18,19). The molecule has 0 radical (unpaired) electrons. The Hall–Kier alpha value is -1.88. The lowest BCUT2D eigenvalue weighted by atomic mass is 10.1. The van der Waals surface area contributed by atoms with Crippen molar-refractivity contribution in [3.05, 3.63) is 29.3 Å². The summed E-state index contributed by atoms with van der Waals surface area (Å²) in [5.74, 6) is 0.180. The number of hydrogen-bond acceptors (Lipinski definition) is 3. The first kappa shape index (κ1) is 17.2. The van der Waals surface area contributed by atoms with Gasteiger partial charge in [0.2, 0.25) is 5.91 Å². The molecule has 2 N–H and O–H groups in total. The van der Waals surface area contributed by atoms with E-state index in [0.29, 0.717) is 36.8 Å². The van der Waals surface area contributed by atoms with Gasteiger partial charge in [-0.2, -0.15) is 0 Å². The van der Waals surface area contributed by atoms with Gasteiger partial charge in [0.15, 0.2) is 0 Å². The first-order valence-corrected chi connectivity index (χ1v) is 7.15. The number of carbonyl (C=O) groups is 2. The predicted octanol–water partition coefficient (Wildman–Crippen LogP) is 2.36. The molecule has 0 fully saturated rings. The average molecular weight is 292 g/mol. The van der Waals surface area contributed by atoms with Crippen LogP contribution in [0.5, 0.6) is 0 Å². The monoisotopic (exact) mass is 292 g/mol. The molecule has 0 saturated carbocycles. The highest BCUT2D eigenvalue weighted by molar-refractivity contribution is 5.99. The van der Waals surface area contributed by atoms with Gasteiger partial charge >= 0.3 is 0 Å². The van der Waals surface area contributed by atoms with E-state index in [9.17, 15) is 9.59 Å². The Kier molecular flexibility index (Phi) is 6.88. The highest BCUT2D eigenvalue weighted by Gasteiger charge is 2.11. The molecule has 0 bridgehead atoms. The quantitative estimate of drug-likeness (QED) is 0.758.